The number of amides is 3. The number of nitrogens with one attached hydrogen (secondary N) is 2. The third-order valence-electron chi connectivity index (χ3n) is 2.06. The summed E-state index contributed by atoms with van der Waals surface area (Å²) in [5.74, 6) is -2.29. The Morgan fingerprint density at radius 1 is 1.17 bits per heavy atom. The van der Waals surface area contributed by atoms with Gasteiger partial charge in [-0.05, 0) is 12.5 Å². The van der Waals surface area contributed by atoms with E-state index in [1.165, 1.54) is 5.32 Å². The average molecular weight is 260 g/mol. The van der Waals surface area contributed by atoms with Crippen LogP contribution in [0, 0.1) is 6.92 Å². The molecule has 0 atom stereocenters. The molecule has 0 unspecified atom stereocenters. The van der Waals surface area contributed by atoms with Crippen LogP contribution in [0.2, 0.25) is 0 Å². The summed E-state index contributed by atoms with van der Waals surface area (Å²) in [4.78, 5) is 21.4. The van der Waals surface area contributed by atoms with Crippen LogP contribution < -0.4 is 10.6 Å². The Balaban J connectivity index is 2.42. The first-order valence-electron chi connectivity index (χ1n) is 5.00. The minimum Gasteiger partial charge on any atom is -0.334 e. The molecule has 0 aliphatic heterocycles. The number of rotatable bonds is 2. The van der Waals surface area contributed by atoms with Crippen LogP contribution in [0.5, 0.6) is 0 Å². The number of hydrogen-bond donors (Lipinski definition) is 2. The average Bonchev–Trinajstić information content (AvgIpc) is 2.27. The molecule has 0 bridgehead atoms. The predicted octanol–water partition coefficient (Wildman–Crippen LogP) is 1.88. The van der Waals surface area contributed by atoms with E-state index in [1.54, 1.807) is 24.3 Å². The van der Waals surface area contributed by atoms with E-state index < -0.39 is 18.1 Å². The van der Waals surface area contributed by atoms with Crippen molar-refractivity contribution in [3.8, 4) is 0 Å². The van der Waals surface area contributed by atoms with Crippen molar-refractivity contribution in [2.45, 2.75) is 19.6 Å². The van der Waals surface area contributed by atoms with Gasteiger partial charge in [0.1, 0.15) is 0 Å². The van der Waals surface area contributed by atoms with Gasteiger partial charge in [-0.1, -0.05) is 29.8 Å². The molecular formula is C11H11F3N2O2. The second kappa shape index (κ2) is 5.52. The van der Waals surface area contributed by atoms with E-state index in [9.17, 15) is 22.8 Å². The van der Waals surface area contributed by atoms with Crippen LogP contribution >= 0.6 is 0 Å². The van der Waals surface area contributed by atoms with E-state index in [2.05, 4.69) is 5.32 Å². The third kappa shape index (κ3) is 4.44. The normalized spacial score (nSPS) is 10.9. The number of alkyl halides is 3. The molecule has 0 aliphatic carbocycles. The van der Waals surface area contributed by atoms with E-state index in [0.717, 1.165) is 11.1 Å². The summed E-state index contributed by atoms with van der Waals surface area (Å²) >= 11 is 0. The van der Waals surface area contributed by atoms with E-state index in [4.69, 9.17) is 0 Å². The molecule has 2 N–H and O–H groups in total. The van der Waals surface area contributed by atoms with Crippen LogP contribution in [0.4, 0.5) is 18.0 Å². The summed E-state index contributed by atoms with van der Waals surface area (Å²) in [5.41, 5.74) is 1.74. The van der Waals surface area contributed by atoms with Crippen molar-refractivity contribution < 1.29 is 22.8 Å². The molecule has 4 nitrogen and oxygen atoms in total. The maximum absolute atomic E-state index is 11.8. The molecule has 0 aromatic heterocycles. The van der Waals surface area contributed by atoms with E-state index in [1.807, 2.05) is 6.92 Å². The van der Waals surface area contributed by atoms with E-state index >= 15 is 0 Å². The molecule has 0 saturated heterocycles. The van der Waals surface area contributed by atoms with Gasteiger partial charge in [0.2, 0.25) is 0 Å². The molecule has 0 heterocycles. The number of aryl methyl sites for hydroxylation is 1. The third-order valence-corrected chi connectivity index (χ3v) is 2.06. The summed E-state index contributed by atoms with van der Waals surface area (Å²) in [6, 6.07) is 5.87. The summed E-state index contributed by atoms with van der Waals surface area (Å²) in [6.45, 7) is 1.92. The number of benzene rings is 1. The Morgan fingerprint density at radius 3 is 2.22 bits per heavy atom. The Kier molecular flexibility index (Phi) is 4.30. The van der Waals surface area contributed by atoms with Crippen molar-refractivity contribution in [1.29, 1.82) is 0 Å². The number of carbonyl (C=O) groups excluding carboxylic acids is 2. The van der Waals surface area contributed by atoms with Crippen LogP contribution in [0.25, 0.3) is 0 Å². The predicted molar refractivity (Wildman–Crippen MR) is 57.6 cm³/mol. The topological polar surface area (TPSA) is 58.2 Å². The van der Waals surface area contributed by atoms with Gasteiger partial charge in [-0.3, -0.25) is 10.1 Å². The lowest BCUT2D eigenvalue weighted by Crippen LogP contribution is -2.45. The fourth-order valence-electron chi connectivity index (χ4n) is 1.11. The van der Waals surface area contributed by atoms with Crippen molar-refractivity contribution in [3.63, 3.8) is 0 Å². The second-order valence-corrected chi connectivity index (χ2v) is 3.62. The lowest BCUT2D eigenvalue weighted by molar-refractivity contribution is -0.172. The molecule has 98 valence electrons. The van der Waals surface area contributed by atoms with E-state index in [-0.39, 0.29) is 6.54 Å². The molecular weight excluding hydrogens is 249 g/mol. The van der Waals surface area contributed by atoms with Gasteiger partial charge < -0.3 is 5.32 Å². The number of urea groups is 1. The van der Waals surface area contributed by atoms with Crippen LogP contribution in [0.15, 0.2) is 24.3 Å². The Hall–Kier alpha value is -2.05. The first-order chi connectivity index (χ1) is 8.29. The molecule has 3 amide bonds. The molecule has 0 spiro atoms. The van der Waals surface area contributed by atoms with Gasteiger partial charge in [0.05, 0.1) is 0 Å². The van der Waals surface area contributed by atoms with Gasteiger partial charge in [-0.25, -0.2) is 4.79 Å². The molecule has 18 heavy (non-hydrogen) atoms. The maximum Gasteiger partial charge on any atom is 0.471 e. The highest BCUT2D eigenvalue weighted by Gasteiger charge is 2.39. The van der Waals surface area contributed by atoms with Gasteiger partial charge in [0.15, 0.2) is 0 Å². The van der Waals surface area contributed by atoms with Crippen LogP contribution in [-0.4, -0.2) is 18.1 Å². The van der Waals surface area contributed by atoms with Gasteiger partial charge in [0, 0.05) is 6.54 Å². The van der Waals surface area contributed by atoms with Crippen molar-refractivity contribution in [2.24, 2.45) is 0 Å². The SMILES string of the molecule is Cc1ccc(CNC(=O)NC(=O)C(F)(F)F)cc1. The molecule has 1 rings (SSSR count). The van der Waals surface area contributed by atoms with Gasteiger partial charge in [-0.2, -0.15) is 13.2 Å². The number of halogens is 3. The number of hydrogen-bond acceptors (Lipinski definition) is 2. The maximum atomic E-state index is 11.8. The first-order valence-corrected chi connectivity index (χ1v) is 5.00. The van der Waals surface area contributed by atoms with Crippen LogP contribution in [0.3, 0.4) is 0 Å². The minimum absolute atomic E-state index is 0.0389. The number of imide groups is 1. The first kappa shape index (κ1) is 14.0. The summed E-state index contributed by atoms with van der Waals surface area (Å²) in [5, 5.41) is 3.34. The molecule has 0 radical (unpaired) electrons. The summed E-state index contributed by atoms with van der Waals surface area (Å²) < 4.78 is 35.5. The monoisotopic (exact) mass is 260 g/mol. The standard InChI is InChI=1S/C11H11F3N2O2/c1-7-2-4-8(5-3-7)6-15-10(18)16-9(17)11(12,13)14/h2-5H,6H2,1H3,(H2,15,16,17,18). The zero-order valence-corrected chi connectivity index (χ0v) is 9.47. The summed E-state index contributed by atoms with van der Waals surface area (Å²) in [7, 11) is 0. The molecule has 0 fully saturated rings. The minimum atomic E-state index is -5.07. The quantitative estimate of drug-likeness (QED) is 0.853. The summed E-state index contributed by atoms with van der Waals surface area (Å²) in [6.07, 6.45) is -5.07. The fraction of sp³-hybridized carbons (Fsp3) is 0.273. The second-order valence-electron chi connectivity index (χ2n) is 3.62. The highest BCUT2D eigenvalue weighted by molar-refractivity contribution is 5.96. The van der Waals surface area contributed by atoms with E-state index in [0.29, 0.717) is 0 Å². The molecule has 0 aliphatic rings. The Labute approximate surface area is 101 Å². The lowest BCUT2D eigenvalue weighted by atomic mass is 10.1. The van der Waals surface area contributed by atoms with Crippen molar-refractivity contribution in [1.82, 2.24) is 10.6 Å². The van der Waals surface area contributed by atoms with Crippen molar-refractivity contribution in [2.75, 3.05) is 0 Å². The zero-order chi connectivity index (χ0) is 13.8. The fourth-order valence-corrected chi connectivity index (χ4v) is 1.11. The molecule has 0 saturated carbocycles. The van der Waals surface area contributed by atoms with Gasteiger partial charge in [0.25, 0.3) is 0 Å². The smallest absolute Gasteiger partial charge is 0.334 e. The van der Waals surface area contributed by atoms with Crippen molar-refractivity contribution in [3.05, 3.63) is 35.4 Å². The van der Waals surface area contributed by atoms with Crippen LogP contribution in [-0.2, 0) is 11.3 Å². The zero-order valence-electron chi connectivity index (χ0n) is 9.47. The Morgan fingerprint density at radius 2 is 1.72 bits per heavy atom. The Bertz CT molecular complexity index is 441. The lowest BCUT2D eigenvalue weighted by Gasteiger charge is -2.08. The molecule has 1 aromatic carbocycles. The van der Waals surface area contributed by atoms with Crippen LogP contribution in [0.1, 0.15) is 11.1 Å². The van der Waals surface area contributed by atoms with Gasteiger partial charge >= 0.3 is 18.1 Å². The highest BCUT2D eigenvalue weighted by atomic mass is 19.4. The van der Waals surface area contributed by atoms with Gasteiger partial charge in [-0.15, -0.1) is 0 Å². The molecule has 1 aromatic rings. The molecule has 7 heteroatoms. The largest absolute Gasteiger partial charge is 0.471 e. The van der Waals surface area contributed by atoms with Crippen molar-refractivity contribution >= 4 is 11.9 Å². The number of carbonyl (C=O) groups is 2. The highest BCUT2D eigenvalue weighted by Crippen LogP contribution is 2.13.